The number of benzene rings is 1. The summed E-state index contributed by atoms with van der Waals surface area (Å²) < 4.78 is 27.1. The van der Waals surface area contributed by atoms with Crippen LogP contribution in [-0.4, -0.2) is 62.1 Å². The molecule has 1 heterocycles. The summed E-state index contributed by atoms with van der Waals surface area (Å²) in [5, 5.41) is 0.657. The average Bonchev–Trinajstić information content (AvgIpc) is 2.56. The number of hydrogen-bond acceptors (Lipinski definition) is 3. The largest absolute Gasteiger partial charge is 0.341 e. The van der Waals surface area contributed by atoms with E-state index in [1.165, 1.54) is 22.7 Å². The van der Waals surface area contributed by atoms with Crippen molar-refractivity contribution in [3.05, 3.63) is 34.9 Å². The molecular weight excluding hydrogens is 350 g/mol. The highest BCUT2D eigenvalue weighted by Crippen LogP contribution is 2.22. The number of piperidine rings is 1. The van der Waals surface area contributed by atoms with Crippen molar-refractivity contribution < 1.29 is 13.2 Å². The summed E-state index contributed by atoms with van der Waals surface area (Å²) >= 11 is 5.87. The first-order valence-corrected chi connectivity index (χ1v) is 9.66. The lowest BCUT2D eigenvalue weighted by molar-refractivity contribution is -0.135. The SMILES string of the molecule is CN(Cc1ccc(Cl)cc1)C(=O)[C@H]1CCCN(S(=O)(=O)N(C)C)C1. The third kappa shape index (κ3) is 4.47. The molecule has 1 amide bonds. The second-order valence-electron chi connectivity index (χ2n) is 6.31. The summed E-state index contributed by atoms with van der Waals surface area (Å²) in [6, 6.07) is 7.36. The van der Waals surface area contributed by atoms with Crippen LogP contribution in [0.1, 0.15) is 18.4 Å². The van der Waals surface area contributed by atoms with E-state index in [-0.39, 0.29) is 18.4 Å². The summed E-state index contributed by atoms with van der Waals surface area (Å²) in [5.41, 5.74) is 0.990. The molecule has 1 aromatic rings. The topological polar surface area (TPSA) is 60.9 Å². The Labute approximate surface area is 149 Å². The Bertz CT molecular complexity index is 676. The molecule has 0 saturated carbocycles. The maximum Gasteiger partial charge on any atom is 0.281 e. The molecule has 2 rings (SSSR count). The van der Waals surface area contributed by atoms with Gasteiger partial charge in [0.15, 0.2) is 0 Å². The van der Waals surface area contributed by atoms with Crippen LogP contribution in [0.25, 0.3) is 0 Å². The van der Waals surface area contributed by atoms with E-state index in [1.54, 1.807) is 24.1 Å². The van der Waals surface area contributed by atoms with Crippen molar-refractivity contribution in [2.24, 2.45) is 5.92 Å². The smallest absolute Gasteiger partial charge is 0.281 e. The number of nitrogens with zero attached hydrogens (tertiary/aromatic N) is 3. The van der Waals surface area contributed by atoms with Gasteiger partial charge in [-0.05, 0) is 30.5 Å². The molecular formula is C16H24ClN3O3S. The van der Waals surface area contributed by atoms with Gasteiger partial charge in [-0.3, -0.25) is 4.79 Å². The van der Waals surface area contributed by atoms with E-state index >= 15 is 0 Å². The first-order valence-electron chi connectivity index (χ1n) is 7.89. The molecule has 134 valence electrons. The summed E-state index contributed by atoms with van der Waals surface area (Å²) in [4.78, 5) is 14.3. The maximum absolute atomic E-state index is 12.7. The minimum atomic E-state index is -3.47. The number of hydrogen-bond donors (Lipinski definition) is 0. The Hall–Kier alpha value is -1.15. The molecule has 1 atom stereocenters. The molecule has 1 aliphatic heterocycles. The Balaban J connectivity index is 2.02. The van der Waals surface area contributed by atoms with Crippen LogP contribution in [0, 0.1) is 5.92 Å². The average molecular weight is 374 g/mol. The lowest BCUT2D eigenvalue weighted by atomic mass is 9.98. The molecule has 0 N–H and O–H groups in total. The van der Waals surface area contributed by atoms with Crippen LogP contribution in [0.3, 0.4) is 0 Å². The van der Waals surface area contributed by atoms with Gasteiger partial charge in [0.05, 0.1) is 5.92 Å². The first-order chi connectivity index (χ1) is 11.2. The third-order valence-electron chi connectivity index (χ3n) is 4.23. The Morgan fingerprint density at radius 2 is 1.88 bits per heavy atom. The van der Waals surface area contributed by atoms with Crippen molar-refractivity contribution in [1.82, 2.24) is 13.5 Å². The summed E-state index contributed by atoms with van der Waals surface area (Å²) in [6.45, 7) is 1.18. The van der Waals surface area contributed by atoms with E-state index in [2.05, 4.69) is 0 Å². The number of halogens is 1. The molecule has 24 heavy (non-hydrogen) atoms. The van der Waals surface area contributed by atoms with Crippen LogP contribution in [0.2, 0.25) is 5.02 Å². The number of carbonyl (C=O) groups excluding carboxylic acids is 1. The quantitative estimate of drug-likeness (QED) is 0.790. The molecule has 8 heteroatoms. The van der Waals surface area contributed by atoms with Crippen LogP contribution in [-0.2, 0) is 21.5 Å². The zero-order valence-electron chi connectivity index (χ0n) is 14.3. The van der Waals surface area contributed by atoms with Gasteiger partial charge >= 0.3 is 0 Å². The van der Waals surface area contributed by atoms with Gasteiger partial charge in [0.25, 0.3) is 10.2 Å². The normalized spacial score (nSPS) is 19.5. The van der Waals surface area contributed by atoms with E-state index in [9.17, 15) is 13.2 Å². The van der Waals surface area contributed by atoms with E-state index in [4.69, 9.17) is 11.6 Å². The minimum Gasteiger partial charge on any atom is -0.341 e. The fourth-order valence-electron chi connectivity index (χ4n) is 2.84. The highest BCUT2D eigenvalue weighted by Gasteiger charge is 2.34. The van der Waals surface area contributed by atoms with E-state index in [0.29, 0.717) is 31.0 Å². The second-order valence-corrected chi connectivity index (χ2v) is 8.89. The second kappa shape index (κ2) is 7.82. The Morgan fingerprint density at radius 3 is 2.46 bits per heavy atom. The third-order valence-corrected chi connectivity index (χ3v) is 6.39. The van der Waals surface area contributed by atoms with Crippen LogP contribution in [0.4, 0.5) is 0 Å². The summed E-state index contributed by atoms with van der Waals surface area (Å²) in [6.07, 6.45) is 1.40. The fraction of sp³-hybridized carbons (Fsp3) is 0.562. The molecule has 1 aromatic carbocycles. The molecule has 6 nitrogen and oxygen atoms in total. The van der Waals surface area contributed by atoms with Crippen molar-refractivity contribution >= 4 is 27.7 Å². The lowest BCUT2D eigenvalue weighted by Crippen LogP contribution is -2.48. The molecule has 0 spiro atoms. The molecule has 1 fully saturated rings. The minimum absolute atomic E-state index is 0.0244. The van der Waals surface area contributed by atoms with Crippen molar-refractivity contribution in [1.29, 1.82) is 0 Å². The highest BCUT2D eigenvalue weighted by molar-refractivity contribution is 7.86. The summed E-state index contributed by atoms with van der Waals surface area (Å²) in [5.74, 6) is -0.325. The van der Waals surface area contributed by atoms with Gasteiger partial charge in [-0.15, -0.1) is 0 Å². The standard InChI is InChI=1S/C16H24ClN3O3S/c1-18(2)24(22,23)20-10-4-5-14(12-20)16(21)19(3)11-13-6-8-15(17)9-7-13/h6-9,14H,4-5,10-12H2,1-3H3/t14-/m0/s1. The maximum atomic E-state index is 12.7. The molecule has 0 radical (unpaired) electrons. The van der Waals surface area contributed by atoms with Crippen molar-refractivity contribution in [2.45, 2.75) is 19.4 Å². The number of carbonyl (C=O) groups is 1. The molecule has 1 aliphatic rings. The fourth-order valence-corrected chi connectivity index (χ4v) is 4.15. The number of rotatable bonds is 5. The van der Waals surface area contributed by atoms with Crippen LogP contribution >= 0.6 is 11.6 Å². The Kier molecular flexibility index (Phi) is 6.25. The summed E-state index contributed by atoms with van der Waals surface area (Å²) in [7, 11) is 1.29. The molecule has 0 aliphatic carbocycles. The van der Waals surface area contributed by atoms with Crippen LogP contribution in [0.5, 0.6) is 0 Å². The highest BCUT2D eigenvalue weighted by atomic mass is 35.5. The zero-order valence-corrected chi connectivity index (χ0v) is 15.8. The lowest BCUT2D eigenvalue weighted by Gasteiger charge is -2.34. The number of amides is 1. The van der Waals surface area contributed by atoms with Crippen molar-refractivity contribution in [3.8, 4) is 0 Å². The van der Waals surface area contributed by atoms with Gasteiger partial charge in [-0.2, -0.15) is 17.0 Å². The van der Waals surface area contributed by atoms with Crippen LogP contribution in [0.15, 0.2) is 24.3 Å². The molecule has 1 saturated heterocycles. The zero-order chi connectivity index (χ0) is 17.9. The molecule has 0 unspecified atom stereocenters. The Morgan fingerprint density at radius 1 is 1.25 bits per heavy atom. The van der Waals surface area contributed by atoms with Gasteiger partial charge in [0, 0.05) is 45.8 Å². The predicted octanol–water partition coefficient (Wildman–Crippen LogP) is 1.82. The monoisotopic (exact) mass is 373 g/mol. The van der Waals surface area contributed by atoms with Gasteiger partial charge in [0.2, 0.25) is 5.91 Å². The predicted molar refractivity (Wildman–Crippen MR) is 94.8 cm³/mol. The molecule has 0 bridgehead atoms. The van der Waals surface area contributed by atoms with E-state index in [1.807, 2.05) is 12.1 Å². The van der Waals surface area contributed by atoms with Gasteiger partial charge in [0.1, 0.15) is 0 Å². The van der Waals surface area contributed by atoms with Gasteiger partial charge < -0.3 is 4.90 Å². The van der Waals surface area contributed by atoms with Gasteiger partial charge in [-0.25, -0.2) is 0 Å². The van der Waals surface area contributed by atoms with E-state index in [0.717, 1.165) is 5.56 Å². The van der Waals surface area contributed by atoms with Gasteiger partial charge in [-0.1, -0.05) is 23.7 Å². The van der Waals surface area contributed by atoms with Crippen LogP contribution < -0.4 is 0 Å². The van der Waals surface area contributed by atoms with Crippen molar-refractivity contribution in [3.63, 3.8) is 0 Å². The first kappa shape index (κ1) is 19.2. The van der Waals surface area contributed by atoms with Crippen molar-refractivity contribution in [2.75, 3.05) is 34.2 Å². The van der Waals surface area contributed by atoms with E-state index < -0.39 is 10.2 Å². The molecule has 0 aromatic heterocycles.